The third-order valence-corrected chi connectivity index (χ3v) is 3.69. The maximum absolute atomic E-state index is 12.2. The fourth-order valence-electron chi connectivity index (χ4n) is 2.32. The summed E-state index contributed by atoms with van der Waals surface area (Å²) in [7, 11) is 0. The van der Waals surface area contributed by atoms with Gasteiger partial charge >= 0.3 is 0 Å². The monoisotopic (exact) mass is 243 g/mol. The van der Waals surface area contributed by atoms with E-state index in [0.29, 0.717) is 11.5 Å². The molecule has 2 aromatic heterocycles. The Kier molecular flexibility index (Phi) is 2.58. The van der Waals surface area contributed by atoms with Gasteiger partial charge in [0.25, 0.3) is 5.91 Å². The average Bonchev–Trinajstić information content (AvgIpc) is 3.08. The summed E-state index contributed by atoms with van der Waals surface area (Å²) >= 11 is 0. The molecule has 94 valence electrons. The molecule has 0 radical (unpaired) electrons. The number of fused-ring (bicyclic) bond motifs is 1. The lowest BCUT2D eigenvalue weighted by atomic mass is 10.2. The number of aryl methyl sites for hydroxylation is 1. The third kappa shape index (κ3) is 1.88. The van der Waals surface area contributed by atoms with Gasteiger partial charge in [0.15, 0.2) is 0 Å². The predicted octanol–water partition coefficient (Wildman–Crippen LogP) is 2.17. The zero-order valence-corrected chi connectivity index (χ0v) is 10.7. The van der Waals surface area contributed by atoms with Gasteiger partial charge in [0, 0.05) is 24.1 Å². The molecule has 0 bridgehead atoms. The summed E-state index contributed by atoms with van der Waals surface area (Å²) < 4.78 is 1.94. The number of nitrogens with one attached hydrogen (secondary N) is 1. The van der Waals surface area contributed by atoms with E-state index in [4.69, 9.17) is 0 Å². The molecule has 1 amide bonds. The summed E-state index contributed by atoms with van der Waals surface area (Å²) in [4.78, 5) is 16.5. The van der Waals surface area contributed by atoms with Crippen LogP contribution >= 0.6 is 0 Å². The highest BCUT2D eigenvalue weighted by molar-refractivity contribution is 6.00. The minimum absolute atomic E-state index is 0.0226. The fourth-order valence-corrected chi connectivity index (χ4v) is 2.32. The number of imidazole rings is 1. The van der Waals surface area contributed by atoms with E-state index < -0.39 is 0 Å². The number of rotatable bonds is 3. The van der Waals surface area contributed by atoms with Gasteiger partial charge < -0.3 is 9.72 Å². The van der Waals surface area contributed by atoms with Crippen LogP contribution in [0.2, 0.25) is 0 Å². The fraction of sp³-hybridized carbons (Fsp3) is 0.429. The molecule has 2 aromatic rings. The van der Waals surface area contributed by atoms with E-state index in [0.717, 1.165) is 11.3 Å². The number of amides is 1. The Labute approximate surface area is 106 Å². The van der Waals surface area contributed by atoms with Gasteiger partial charge in [0.05, 0.1) is 5.56 Å². The van der Waals surface area contributed by atoms with E-state index >= 15 is 0 Å². The summed E-state index contributed by atoms with van der Waals surface area (Å²) in [5.41, 5.74) is 2.46. The van der Waals surface area contributed by atoms with Crippen LogP contribution in [0.4, 0.5) is 0 Å². The topological polar surface area (TPSA) is 46.4 Å². The van der Waals surface area contributed by atoms with Gasteiger partial charge in [-0.1, -0.05) is 0 Å². The van der Waals surface area contributed by atoms with E-state index in [1.807, 2.05) is 29.7 Å². The van der Waals surface area contributed by atoms with Crippen molar-refractivity contribution in [3.63, 3.8) is 0 Å². The van der Waals surface area contributed by atoms with Crippen molar-refractivity contribution in [1.82, 2.24) is 14.7 Å². The van der Waals surface area contributed by atoms with Gasteiger partial charge in [-0.05, 0) is 44.7 Å². The van der Waals surface area contributed by atoms with Gasteiger partial charge in [-0.2, -0.15) is 0 Å². The Morgan fingerprint density at radius 2 is 2.28 bits per heavy atom. The predicted molar refractivity (Wildman–Crippen MR) is 69.6 cm³/mol. The van der Waals surface area contributed by atoms with Crippen LogP contribution in [-0.4, -0.2) is 21.3 Å². The molecule has 4 heteroatoms. The van der Waals surface area contributed by atoms with E-state index in [9.17, 15) is 4.79 Å². The van der Waals surface area contributed by atoms with Crippen molar-refractivity contribution in [2.75, 3.05) is 0 Å². The first-order chi connectivity index (χ1) is 8.66. The SMILES string of the molecule is Cc1ccc(C(=O)N[C@@H](C)C2CC2)c2nccn12. The van der Waals surface area contributed by atoms with Crippen LogP contribution in [0.1, 0.15) is 35.8 Å². The highest BCUT2D eigenvalue weighted by Gasteiger charge is 2.29. The van der Waals surface area contributed by atoms with Crippen LogP contribution in [0.15, 0.2) is 24.5 Å². The van der Waals surface area contributed by atoms with Crippen LogP contribution in [0.5, 0.6) is 0 Å². The zero-order valence-electron chi connectivity index (χ0n) is 10.7. The minimum atomic E-state index is -0.0226. The van der Waals surface area contributed by atoms with Crippen molar-refractivity contribution in [2.24, 2.45) is 5.92 Å². The minimum Gasteiger partial charge on any atom is -0.349 e. The number of hydrogen-bond acceptors (Lipinski definition) is 2. The molecule has 1 aliphatic rings. The zero-order chi connectivity index (χ0) is 12.7. The van der Waals surface area contributed by atoms with Crippen molar-refractivity contribution in [3.05, 3.63) is 35.8 Å². The van der Waals surface area contributed by atoms with Crippen LogP contribution in [0.3, 0.4) is 0 Å². The lowest BCUT2D eigenvalue weighted by Gasteiger charge is -2.13. The Hall–Kier alpha value is -1.84. The van der Waals surface area contributed by atoms with Gasteiger partial charge in [0.2, 0.25) is 0 Å². The maximum Gasteiger partial charge on any atom is 0.255 e. The second kappa shape index (κ2) is 4.12. The molecule has 3 rings (SSSR count). The Morgan fingerprint density at radius 1 is 1.50 bits per heavy atom. The number of aromatic nitrogens is 2. The highest BCUT2D eigenvalue weighted by Crippen LogP contribution is 2.32. The summed E-state index contributed by atoms with van der Waals surface area (Å²) in [6, 6.07) is 4.06. The van der Waals surface area contributed by atoms with Crippen molar-refractivity contribution in [2.45, 2.75) is 32.7 Å². The van der Waals surface area contributed by atoms with Gasteiger partial charge in [-0.15, -0.1) is 0 Å². The molecule has 0 spiro atoms. The van der Waals surface area contributed by atoms with Crippen molar-refractivity contribution in [1.29, 1.82) is 0 Å². The first kappa shape index (κ1) is 11.3. The molecular weight excluding hydrogens is 226 g/mol. The Morgan fingerprint density at radius 3 is 3.00 bits per heavy atom. The molecule has 2 heterocycles. The van der Waals surface area contributed by atoms with E-state index in [1.54, 1.807) is 6.20 Å². The Balaban J connectivity index is 1.91. The highest BCUT2D eigenvalue weighted by atomic mass is 16.1. The molecule has 18 heavy (non-hydrogen) atoms. The van der Waals surface area contributed by atoms with E-state index in [1.165, 1.54) is 12.8 Å². The number of carbonyl (C=O) groups excluding carboxylic acids is 1. The molecule has 1 fully saturated rings. The molecular formula is C14H17N3O. The van der Waals surface area contributed by atoms with Crippen LogP contribution in [0, 0.1) is 12.8 Å². The Bertz CT molecular complexity index is 598. The second-order valence-electron chi connectivity index (χ2n) is 5.11. The molecule has 1 N–H and O–H groups in total. The standard InChI is InChI=1S/C14H17N3O/c1-9-3-6-12(13-15-7-8-17(9)13)14(18)16-10(2)11-4-5-11/h3,6-8,10-11H,4-5H2,1-2H3,(H,16,18)/t10-/m0/s1. The molecule has 4 nitrogen and oxygen atoms in total. The van der Waals surface area contributed by atoms with Crippen LogP contribution in [-0.2, 0) is 0 Å². The molecule has 0 unspecified atom stereocenters. The van der Waals surface area contributed by atoms with E-state index in [2.05, 4.69) is 17.2 Å². The maximum atomic E-state index is 12.2. The number of carbonyl (C=O) groups is 1. The second-order valence-corrected chi connectivity index (χ2v) is 5.11. The largest absolute Gasteiger partial charge is 0.349 e. The first-order valence-electron chi connectivity index (χ1n) is 6.40. The molecule has 0 saturated heterocycles. The smallest absolute Gasteiger partial charge is 0.255 e. The van der Waals surface area contributed by atoms with Crippen molar-refractivity contribution < 1.29 is 4.79 Å². The quantitative estimate of drug-likeness (QED) is 0.898. The first-order valence-corrected chi connectivity index (χ1v) is 6.40. The number of hydrogen-bond donors (Lipinski definition) is 1. The average molecular weight is 243 g/mol. The molecule has 1 saturated carbocycles. The summed E-state index contributed by atoms with van der Waals surface area (Å²) in [6.07, 6.45) is 6.07. The van der Waals surface area contributed by atoms with Crippen molar-refractivity contribution in [3.8, 4) is 0 Å². The molecule has 1 atom stereocenters. The lowest BCUT2D eigenvalue weighted by molar-refractivity contribution is 0.0937. The summed E-state index contributed by atoms with van der Waals surface area (Å²) in [6.45, 7) is 4.08. The third-order valence-electron chi connectivity index (χ3n) is 3.69. The molecule has 1 aliphatic carbocycles. The molecule has 0 aromatic carbocycles. The summed E-state index contributed by atoms with van der Waals surface area (Å²) in [5, 5.41) is 3.07. The number of pyridine rings is 1. The van der Waals surface area contributed by atoms with Gasteiger partial charge in [0.1, 0.15) is 5.65 Å². The van der Waals surface area contributed by atoms with Crippen LogP contribution in [0.25, 0.3) is 5.65 Å². The number of nitrogens with zero attached hydrogens (tertiary/aromatic N) is 2. The van der Waals surface area contributed by atoms with E-state index in [-0.39, 0.29) is 11.9 Å². The summed E-state index contributed by atoms with van der Waals surface area (Å²) in [5.74, 6) is 0.640. The van der Waals surface area contributed by atoms with Crippen molar-refractivity contribution >= 4 is 11.6 Å². The van der Waals surface area contributed by atoms with Crippen LogP contribution < -0.4 is 5.32 Å². The normalized spacial score (nSPS) is 16.8. The van der Waals surface area contributed by atoms with Gasteiger partial charge in [-0.3, -0.25) is 4.79 Å². The lowest BCUT2D eigenvalue weighted by Crippen LogP contribution is -2.34. The van der Waals surface area contributed by atoms with Gasteiger partial charge in [-0.25, -0.2) is 4.98 Å². The molecule has 0 aliphatic heterocycles.